The maximum Gasteiger partial charge on any atom is 0.315 e. The minimum atomic E-state index is -0.532. The average molecular weight is 251 g/mol. The number of hydrogen-bond donors (Lipinski definition) is 0. The van der Waals surface area contributed by atoms with E-state index >= 15 is 0 Å². The van der Waals surface area contributed by atoms with Gasteiger partial charge in [-0.05, 0) is 6.07 Å². The Balaban J connectivity index is 2.49. The van der Waals surface area contributed by atoms with Crippen LogP contribution in [0.4, 0.5) is 0 Å². The molecular formula is C12H13NO5. The number of carbonyl (C=O) groups is 1. The van der Waals surface area contributed by atoms with E-state index < -0.39 is 22.7 Å². The molecule has 0 N–H and O–H groups in total. The second kappa shape index (κ2) is 4.64. The third kappa shape index (κ3) is 2.01. The Labute approximate surface area is 104 Å². The van der Waals surface area contributed by atoms with Gasteiger partial charge in [-0.25, -0.2) is 0 Å². The molecule has 18 heavy (non-hydrogen) atoms. The first-order valence-electron chi connectivity index (χ1n) is 5.55. The number of esters is 1. The lowest BCUT2D eigenvalue weighted by Crippen LogP contribution is -2.33. The normalized spacial score (nSPS) is 22.0. The summed E-state index contributed by atoms with van der Waals surface area (Å²) in [5.41, 5.74) is 0.651. The number of nitrogens with zero attached hydrogens (tertiary/aromatic N) is 1. The molecule has 0 fully saturated rings. The molecule has 1 aromatic carbocycles. The minimum absolute atomic E-state index is 0.295. The van der Waals surface area contributed by atoms with Gasteiger partial charge >= 0.3 is 5.97 Å². The summed E-state index contributed by atoms with van der Waals surface area (Å²) in [6, 6.07) is 5.12. The van der Waals surface area contributed by atoms with Crippen molar-refractivity contribution in [2.45, 2.75) is 12.8 Å². The van der Waals surface area contributed by atoms with Crippen molar-refractivity contribution in [3.63, 3.8) is 0 Å². The van der Waals surface area contributed by atoms with Crippen LogP contribution in [0.1, 0.15) is 18.4 Å². The molecule has 0 aliphatic carbocycles. The molecular weight excluding hydrogens is 238 g/mol. The first kappa shape index (κ1) is 12.3. The van der Waals surface area contributed by atoms with Gasteiger partial charge in [0, 0.05) is 10.5 Å². The Hall–Kier alpha value is -2.11. The van der Waals surface area contributed by atoms with Crippen LogP contribution in [0.5, 0.6) is 11.5 Å². The van der Waals surface area contributed by atoms with Crippen LogP contribution < -0.4 is 9.47 Å². The fourth-order valence-corrected chi connectivity index (χ4v) is 2.14. The van der Waals surface area contributed by atoms with Gasteiger partial charge in [0.1, 0.15) is 0 Å². The van der Waals surface area contributed by atoms with Gasteiger partial charge in [0.25, 0.3) is 0 Å². The third-order valence-electron chi connectivity index (χ3n) is 3.15. The highest BCUT2D eigenvalue weighted by Gasteiger charge is 2.39. The Morgan fingerprint density at radius 1 is 1.50 bits per heavy atom. The summed E-state index contributed by atoms with van der Waals surface area (Å²) in [6.45, 7) is 1.34. The van der Waals surface area contributed by atoms with Gasteiger partial charge in [-0.2, -0.15) is 0 Å². The quantitative estimate of drug-likeness (QED) is 0.353. The molecule has 0 aromatic heterocycles. The molecule has 0 radical (unpaired) electrons. The van der Waals surface area contributed by atoms with E-state index in [2.05, 4.69) is 0 Å². The number of carbonyl (C=O) groups excluding carboxylic acids is 1. The Morgan fingerprint density at radius 2 is 2.22 bits per heavy atom. The fourth-order valence-electron chi connectivity index (χ4n) is 2.14. The number of benzene rings is 1. The third-order valence-corrected chi connectivity index (χ3v) is 3.15. The second-order valence-electron chi connectivity index (χ2n) is 4.21. The van der Waals surface area contributed by atoms with E-state index in [1.807, 2.05) is 0 Å². The number of para-hydroxylation sites is 1. The van der Waals surface area contributed by atoms with Gasteiger partial charge in [0.2, 0.25) is 6.54 Å². The highest BCUT2D eigenvalue weighted by atomic mass is 16.6. The van der Waals surface area contributed by atoms with Crippen LogP contribution in [0.3, 0.4) is 0 Å². The molecule has 2 atom stereocenters. The van der Waals surface area contributed by atoms with Crippen LogP contribution in [0, 0.1) is 16.0 Å². The van der Waals surface area contributed by atoms with Crippen molar-refractivity contribution in [2.24, 2.45) is 5.92 Å². The SMILES string of the molecule is COc1cccc2c1OC(=O)[C@H](C)[C@@H]2C[N+](=O)[O-]. The number of fused-ring (bicyclic) bond motifs is 1. The summed E-state index contributed by atoms with van der Waals surface area (Å²) in [7, 11) is 1.46. The molecule has 0 bridgehead atoms. The Bertz CT molecular complexity index is 499. The molecule has 6 heteroatoms. The standard InChI is InChI=1S/C12H13NO5/c1-7-9(6-13(15)16)8-4-3-5-10(17-2)11(8)18-12(7)14/h3-5,7,9H,6H2,1-2H3/t7-,9+/m1/s1. The lowest BCUT2D eigenvalue weighted by atomic mass is 9.84. The predicted molar refractivity (Wildman–Crippen MR) is 62.4 cm³/mol. The van der Waals surface area contributed by atoms with Crippen LogP contribution in [-0.2, 0) is 4.79 Å². The van der Waals surface area contributed by atoms with E-state index in [1.54, 1.807) is 25.1 Å². The van der Waals surface area contributed by atoms with E-state index in [9.17, 15) is 14.9 Å². The number of hydrogen-bond acceptors (Lipinski definition) is 5. The van der Waals surface area contributed by atoms with Crippen LogP contribution in [0.15, 0.2) is 18.2 Å². The van der Waals surface area contributed by atoms with Crippen molar-refractivity contribution in [2.75, 3.05) is 13.7 Å². The van der Waals surface area contributed by atoms with Gasteiger partial charge in [0.15, 0.2) is 11.5 Å². The highest BCUT2D eigenvalue weighted by Crippen LogP contribution is 2.42. The first-order valence-corrected chi connectivity index (χ1v) is 5.55. The van der Waals surface area contributed by atoms with Crippen molar-refractivity contribution in [3.8, 4) is 11.5 Å². The number of ether oxygens (including phenoxy) is 2. The predicted octanol–water partition coefficient (Wildman–Crippen LogP) is 1.61. The first-order chi connectivity index (χ1) is 8.54. The zero-order chi connectivity index (χ0) is 13.3. The minimum Gasteiger partial charge on any atom is -0.493 e. The van der Waals surface area contributed by atoms with E-state index in [0.717, 1.165) is 0 Å². The van der Waals surface area contributed by atoms with Gasteiger partial charge in [0.05, 0.1) is 18.9 Å². The molecule has 1 heterocycles. The van der Waals surface area contributed by atoms with E-state index in [4.69, 9.17) is 9.47 Å². The number of nitro groups is 1. The average Bonchev–Trinajstić information content (AvgIpc) is 2.34. The van der Waals surface area contributed by atoms with E-state index in [0.29, 0.717) is 17.1 Å². The maximum absolute atomic E-state index is 11.7. The topological polar surface area (TPSA) is 78.7 Å². The fraction of sp³-hybridized carbons (Fsp3) is 0.417. The summed E-state index contributed by atoms with van der Waals surface area (Å²) in [4.78, 5) is 22.0. The molecule has 0 saturated carbocycles. The highest BCUT2D eigenvalue weighted by molar-refractivity contribution is 5.80. The van der Waals surface area contributed by atoms with Gasteiger partial charge < -0.3 is 9.47 Å². The van der Waals surface area contributed by atoms with Crippen molar-refractivity contribution in [1.82, 2.24) is 0 Å². The van der Waals surface area contributed by atoms with Gasteiger partial charge in [-0.1, -0.05) is 19.1 Å². The summed E-state index contributed by atoms with van der Waals surface area (Å²) in [6.07, 6.45) is 0. The van der Waals surface area contributed by atoms with E-state index in [1.165, 1.54) is 7.11 Å². The molecule has 96 valence electrons. The molecule has 0 spiro atoms. The van der Waals surface area contributed by atoms with Crippen LogP contribution in [0.2, 0.25) is 0 Å². The van der Waals surface area contributed by atoms with Crippen LogP contribution in [0.25, 0.3) is 0 Å². The summed E-state index contributed by atoms with van der Waals surface area (Å²) in [5, 5.41) is 10.7. The van der Waals surface area contributed by atoms with Crippen molar-refractivity contribution >= 4 is 5.97 Å². The molecule has 6 nitrogen and oxygen atoms in total. The maximum atomic E-state index is 11.7. The van der Waals surface area contributed by atoms with Crippen LogP contribution >= 0.6 is 0 Å². The smallest absolute Gasteiger partial charge is 0.315 e. The summed E-state index contributed by atoms with van der Waals surface area (Å²) in [5.74, 6) is -0.753. The lowest BCUT2D eigenvalue weighted by Gasteiger charge is -2.28. The number of rotatable bonds is 3. The number of methoxy groups -OCH3 is 1. The second-order valence-corrected chi connectivity index (χ2v) is 4.21. The zero-order valence-electron chi connectivity index (χ0n) is 10.1. The van der Waals surface area contributed by atoms with Crippen molar-refractivity contribution < 1.29 is 19.2 Å². The summed E-state index contributed by atoms with van der Waals surface area (Å²) >= 11 is 0. The molecule has 2 rings (SSSR count). The molecule has 1 aliphatic heterocycles. The monoisotopic (exact) mass is 251 g/mol. The zero-order valence-corrected chi connectivity index (χ0v) is 10.1. The molecule has 0 saturated heterocycles. The van der Waals surface area contributed by atoms with E-state index in [-0.39, 0.29) is 6.54 Å². The lowest BCUT2D eigenvalue weighted by molar-refractivity contribution is -0.484. The molecule has 0 amide bonds. The molecule has 0 unspecified atom stereocenters. The molecule has 1 aliphatic rings. The van der Waals surface area contributed by atoms with Gasteiger partial charge in [-0.15, -0.1) is 0 Å². The van der Waals surface area contributed by atoms with Crippen molar-refractivity contribution in [3.05, 3.63) is 33.9 Å². The molecule has 1 aromatic rings. The summed E-state index contributed by atoms with van der Waals surface area (Å²) < 4.78 is 10.3. The largest absolute Gasteiger partial charge is 0.493 e. The van der Waals surface area contributed by atoms with Crippen LogP contribution in [-0.4, -0.2) is 24.5 Å². The Kier molecular flexibility index (Phi) is 3.18. The van der Waals surface area contributed by atoms with Crippen molar-refractivity contribution in [1.29, 1.82) is 0 Å². The Morgan fingerprint density at radius 3 is 2.83 bits per heavy atom. The van der Waals surface area contributed by atoms with Gasteiger partial charge in [-0.3, -0.25) is 14.9 Å².